The lowest BCUT2D eigenvalue weighted by Gasteiger charge is -2.17. The van der Waals surface area contributed by atoms with Gasteiger partial charge in [-0.2, -0.15) is 5.10 Å². The van der Waals surface area contributed by atoms with Crippen LogP contribution in [0.2, 0.25) is 0 Å². The fraction of sp³-hybridized carbons (Fsp3) is 0.227. The second kappa shape index (κ2) is 8.60. The number of para-hydroxylation sites is 2. The van der Waals surface area contributed by atoms with E-state index in [0.717, 1.165) is 22.6 Å². The van der Waals surface area contributed by atoms with Gasteiger partial charge in [0, 0.05) is 18.3 Å². The predicted molar refractivity (Wildman–Crippen MR) is 114 cm³/mol. The van der Waals surface area contributed by atoms with E-state index in [1.165, 1.54) is 6.92 Å². The van der Waals surface area contributed by atoms with Gasteiger partial charge in [-0.15, -0.1) is 0 Å². The van der Waals surface area contributed by atoms with Gasteiger partial charge in [-0.05, 0) is 56.7 Å². The Morgan fingerprint density at radius 2 is 1.76 bits per heavy atom. The number of nitrogens with zero attached hydrogens (tertiary/aromatic N) is 2. The molecule has 3 N–H and O–H groups in total. The first kappa shape index (κ1) is 20.1. The number of benzene rings is 2. The predicted octanol–water partition coefficient (Wildman–Crippen LogP) is 4.33. The summed E-state index contributed by atoms with van der Waals surface area (Å²) >= 11 is 0. The number of hydrogen-bond acceptors (Lipinski definition) is 3. The van der Waals surface area contributed by atoms with Crippen LogP contribution in [0.15, 0.2) is 54.6 Å². The highest BCUT2D eigenvalue weighted by Gasteiger charge is 2.14. The molecule has 0 bridgehead atoms. The normalized spacial score (nSPS) is 11.6. The molecule has 3 rings (SSSR count). The van der Waals surface area contributed by atoms with E-state index in [4.69, 9.17) is 0 Å². The van der Waals surface area contributed by atoms with Crippen LogP contribution in [-0.4, -0.2) is 21.7 Å². The molecule has 1 heterocycles. The molecule has 3 amide bonds. The molecule has 1 atom stereocenters. The van der Waals surface area contributed by atoms with Gasteiger partial charge in [-0.1, -0.05) is 24.3 Å². The molecule has 1 aromatic heterocycles. The highest BCUT2D eigenvalue weighted by atomic mass is 16.2. The van der Waals surface area contributed by atoms with Crippen LogP contribution in [0.4, 0.5) is 16.2 Å². The highest BCUT2D eigenvalue weighted by molar-refractivity contribution is 5.92. The van der Waals surface area contributed by atoms with E-state index in [0.29, 0.717) is 11.4 Å². The van der Waals surface area contributed by atoms with Crippen molar-refractivity contribution in [2.75, 3.05) is 10.6 Å². The van der Waals surface area contributed by atoms with Crippen LogP contribution in [0.5, 0.6) is 0 Å². The quantitative estimate of drug-likeness (QED) is 0.605. The number of anilines is 2. The molecular weight excluding hydrogens is 366 g/mol. The van der Waals surface area contributed by atoms with Crippen molar-refractivity contribution in [3.8, 4) is 5.69 Å². The third-order valence-corrected chi connectivity index (χ3v) is 4.44. The molecule has 0 aliphatic heterocycles. The van der Waals surface area contributed by atoms with Crippen LogP contribution in [0.1, 0.15) is 36.8 Å². The maximum Gasteiger partial charge on any atom is 0.319 e. The molecule has 0 unspecified atom stereocenters. The van der Waals surface area contributed by atoms with Gasteiger partial charge in [0.1, 0.15) is 0 Å². The molecule has 7 heteroatoms. The minimum Gasteiger partial charge on any atom is -0.331 e. The molecule has 0 saturated carbocycles. The van der Waals surface area contributed by atoms with Crippen molar-refractivity contribution in [2.45, 2.75) is 33.7 Å². The van der Waals surface area contributed by atoms with Gasteiger partial charge >= 0.3 is 6.03 Å². The highest BCUT2D eigenvalue weighted by Crippen LogP contribution is 2.22. The molecule has 3 aromatic rings. The summed E-state index contributed by atoms with van der Waals surface area (Å²) in [7, 11) is 0. The number of nitrogens with one attached hydrogen (secondary N) is 3. The number of amides is 3. The van der Waals surface area contributed by atoms with E-state index in [1.807, 2.05) is 80.1 Å². The second-order valence-electron chi connectivity index (χ2n) is 6.98. The van der Waals surface area contributed by atoms with Gasteiger partial charge in [0.2, 0.25) is 5.91 Å². The Hall–Kier alpha value is -3.61. The fourth-order valence-corrected chi connectivity index (χ4v) is 3.16. The molecule has 0 aliphatic rings. The number of aromatic nitrogens is 2. The zero-order valence-corrected chi connectivity index (χ0v) is 17.0. The Balaban J connectivity index is 1.73. The van der Waals surface area contributed by atoms with Crippen molar-refractivity contribution in [1.82, 2.24) is 15.1 Å². The van der Waals surface area contributed by atoms with E-state index < -0.39 is 0 Å². The van der Waals surface area contributed by atoms with E-state index in [2.05, 4.69) is 21.0 Å². The molecular formula is C22H25N5O2. The standard InChI is InChI=1S/C22H25N5O2/c1-14-12-15(2)27(26-14)21-11-6-5-10-20(21)25-22(29)23-16(3)18-8-7-9-19(13-18)24-17(4)28/h5-13,16H,1-4H3,(H,24,28)(H2,23,25,29)/t16-/m0/s1. The third-order valence-electron chi connectivity index (χ3n) is 4.44. The third kappa shape index (κ3) is 5.01. The van der Waals surface area contributed by atoms with Crippen molar-refractivity contribution >= 4 is 23.3 Å². The maximum atomic E-state index is 12.6. The van der Waals surface area contributed by atoms with Crippen LogP contribution in [0.25, 0.3) is 5.69 Å². The first-order chi connectivity index (χ1) is 13.8. The summed E-state index contributed by atoms with van der Waals surface area (Å²) in [6.07, 6.45) is 0. The Kier molecular flexibility index (Phi) is 5.97. The molecule has 0 radical (unpaired) electrons. The number of hydrogen-bond donors (Lipinski definition) is 3. The van der Waals surface area contributed by atoms with E-state index >= 15 is 0 Å². The SMILES string of the molecule is CC(=O)Nc1cccc([C@H](C)NC(=O)Nc2ccccc2-n2nc(C)cc2C)c1. The summed E-state index contributed by atoms with van der Waals surface area (Å²) in [6, 6.07) is 16.3. The zero-order chi connectivity index (χ0) is 21.0. The fourth-order valence-electron chi connectivity index (χ4n) is 3.16. The molecule has 0 fully saturated rings. The minimum atomic E-state index is -0.323. The van der Waals surface area contributed by atoms with Gasteiger partial charge in [0.25, 0.3) is 0 Å². The number of aryl methyl sites for hydroxylation is 2. The van der Waals surface area contributed by atoms with Gasteiger partial charge in [0.05, 0.1) is 23.1 Å². The van der Waals surface area contributed by atoms with Gasteiger partial charge in [-0.3, -0.25) is 4.79 Å². The minimum absolute atomic E-state index is 0.138. The number of urea groups is 1. The topological polar surface area (TPSA) is 88.0 Å². The number of carbonyl (C=O) groups is 2. The lowest BCUT2D eigenvalue weighted by atomic mass is 10.1. The average molecular weight is 391 g/mol. The second-order valence-corrected chi connectivity index (χ2v) is 6.98. The monoisotopic (exact) mass is 391 g/mol. The largest absolute Gasteiger partial charge is 0.331 e. The summed E-state index contributed by atoms with van der Waals surface area (Å²) in [5, 5.41) is 13.1. The van der Waals surface area contributed by atoms with Gasteiger partial charge in [-0.25, -0.2) is 9.48 Å². The molecule has 0 saturated heterocycles. The average Bonchev–Trinajstić information content (AvgIpc) is 2.99. The molecule has 2 aromatic carbocycles. The van der Waals surface area contributed by atoms with Crippen molar-refractivity contribution in [3.05, 3.63) is 71.5 Å². The summed E-state index contributed by atoms with van der Waals surface area (Å²) in [5.74, 6) is -0.138. The van der Waals surface area contributed by atoms with E-state index in [-0.39, 0.29) is 18.0 Å². The van der Waals surface area contributed by atoms with Crippen LogP contribution < -0.4 is 16.0 Å². The van der Waals surface area contributed by atoms with Gasteiger partial charge < -0.3 is 16.0 Å². The molecule has 7 nitrogen and oxygen atoms in total. The summed E-state index contributed by atoms with van der Waals surface area (Å²) in [5.41, 5.74) is 4.94. The van der Waals surface area contributed by atoms with Crippen LogP contribution in [0, 0.1) is 13.8 Å². The Bertz CT molecular complexity index is 1040. The first-order valence-electron chi connectivity index (χ1n) is 9.41. The summed E-state index contributed by atoms with van der Waals surface area (Å²) < 4.78 is 1.81. The van der Waals surface area contributed by atoms with Crippen molar-refractivity contribution in [3.63, 3.8) is 0 Å². The smallest absolute Gasteiger partial charge is 0.319 e. The maximum absolute atomic E-state index is 12.6. The van der Waals surface area contributed by atoms with Crippen LogP contribution >= 0.6 is 0 Å². The first-order valence-corrected chi connectivity index (χ1v) is 9.41. The van der Waals surface area contributed by atoms with Crippen molar-refractivity contribution in [1.29, 1.82) is 0 Å². The Morgan fingerprint density at radius 3 is 2.45 bits per heavy atom. The number of rotatable bonds is 5. The number of carbonyl (C=O) groups excluding carboxylic acids is 2. The Morgan fingerprint density at radius 1 is 1.00 bits per heavy atom. The summed E-state index contributed by atoms with van der Waals surface area (Å²) in [4.78, 5) is 23.9. The van der Waals surface area contributed by atoms with Crippen molar-refractivity contribution < 1.29 is 9.59 Å². The molecule has 29 heavy (non-hydrogen) atoms. The van der Waals surface area contributed by atoms with E-state index in [9.17, 15) is 9.59 Å². The van der Waals surface area contributed by atoms with Crippen LogP contribution in [0.3, 0.4) is 0 Å². The zero-order valence-electron chi connectivity index (χ0n) is 17.0. The Labute approximate surface area is 170 Å². The van der Waals surface area contributed by atoms with Gasteiger partial charge in [0.15, 0.2) is 0 Å². The lowest BCUT2D eigenvalue weighted by Crippen LogP contribution is -2.31. The lowest BCUT2D eigenvalue weighted by molar-refractivity contribution is -0.114. The molecule has 0 spiro atoms. The van der Waals surface area contributed by atoms with E-state index in [1.54, 1.807) is 0 Å². The molecule has 150 valence electrons. The molecule has 0 aliphatic carbocycles. The summed E-state index contributed by atoms with van der Waals surface area (Å²) in [6.45, 7) is 7.26. The van der Waals surface area contributed by atoms with Crippen molar-refractivity contribution in [2.24, 2.45) is 0 Å². The van der Waals surface area contributed by atoms with Crippen LogP contribution in [-0.2, 0) is 4.79 Å².